The molecule has 0 fully saturated rings. The molecule has 0 amide bonds. The number of fused-ring (bicyclic) bond motifs is 1. The van der Waals surface area contributed by atoms with Crippen LogP contribution in [0.1, 0.15) is 0 Å². The molecule has 0 aromatic carbocycles. The van der Waals surface area contributed by atoms with E-state index in [2.05, 4.69) is 26.0 Å². The fraction of sp³-hybridized carbons (Fsp3) is 0. The van der Waals surface area contributed by atoms with Crippen molar-refractivity contribution in [3.8, 4) is 0 Å². The van der Waals surface area contributed by atoms with Crippen molar-refractivity contribution in [3.63, 3.8) is 0 Å². The Bertz CT molecular complexity index is 444. The second-order valence-corrected chi connectivity index (χ2v) is 2.90. The molecule has 11 heavy (non-hydrogen) atoms. The Balaban J connectivity index is 2.98. The topological polar surface area (TPSA) is 50.2 Å². The minimum absolute atomic E-state index is 0.142. The zero-order chi connectivity index (χ0) is 7.84. The summed E-state index contributed by atoms with van der Waals surface area (Å²) < 4.78 is 2.31. The molecule has 2 aromatic rings. The summed E-state index contributed by atoms with van der Waals surface area (Å²) in [6.45, 7) is 0. The Hall–Kier alpha value is -1.10. The highest BCUT2D eigenvalue weighted by Crippen LogP contribution is 2.08. The van der Waals surface area contributed by atoms with Crippen LogP contribution in [0.15, 0.2) is 27.7 Å². The third-order valence-corrected chi connectivity index (χ3v) is 1.91. The summed E-state index contributed by atoms with van der Waals surface area (Å²) in [6, 6.07) is 3.10. The van der Waals surface area contributed by atoms with Crippen LogP contribution in [0, 0.1) is 0 Å². The molecule has 2 heterocycles. The Morgan fingerprint density at radius 1 is 1.55 bits per heavy atom. The number of hydrogen-bond acceptors (Lipinski definition) is 2. The van der Waals surface area contributed by atoms with Crippen molar-refractivity contribution in [3.05, 3.63) is 33.3 Å². The maximum atomic E-state index is 10.8. The second kappa shape index (κ2) is 2.20. The molecule has 5 heteroatoms. The van der Waals surface area contributed by atoms with Crippen LogP contribution in [0.2, 0.25) is 0 Å². The lowest BCUT2D eigenvalue weighted by Gasteiger charge is -1.91. The molecule has 0 saturated carbocycles. The molecule has 0 aliphatic carbocycles. The number of imidazole rings is 1. The zero-order valence-corrected chi connectivity index (χ0v) is 7.00. The lowest BCUT2D eigenvalue weighted by atomic mass is 10.6. The lowest BCUT2D eigenvalue weighted by Crippen LogP contribution is -2.08. The third-order valence-electron chi connectivity index (χ3n) is 1.35. The van der Waals surface area contributed by atoms with Gasteiger partial charge in [0.1, 0.15) is 4.60 Å². The van der Waals surface area contributed by atoms with E-state index in [1.165, 1.54) is 6.07 Å². The quantitative estimate of drug-likeness (QED) is 0.704. The molecule has 2 aromatic heterocycles. The number of aromatic amines is 1. The van der Waals surface area contributed by atoms with Gasteiger partial charge < -0.3 is 0 Å². The average molecular weight is 214 g/mol. The monoisotopic (exact) mass is 213 g/mol. The number of nitrogens with one attached hydrogen (secondary N) is 1. The van der Waals surface area contributed by atoms with Crippen LogP contribution in [0.5, 0.6) is 0 Å². The first-order valence-corrected chi connectivity index (χ1v) is 3.79. The number of aromatic nitrogens is 3. The van der Waals surface area contributed by atoms with Crippen molar-refractivity contribution in [1.29, 1.82) is 0 Å². The maximum absolute atomic E-state index is 10.8. The van der Waals surface area contributed by atoms with E-state index in [-0.39, 0.29) is 5.56 Å². The van der Waals surface area contributed by atoms with E-state index in [1.54, 1.807) is 16.8 Å². The van der Waals surface area contributed by atoms with Crippen molar-refractivity contribution in [2.45, 2.75) is 0 Å². The maximum Gasteiger partial charge on any atom is 0.263 e. The predicted molar refractivity (Wildman–Crippen MR) is 43.5 cm³/mol. The van der Waals surface area contributed by atoms with Crippen LogP contribution in [-0.4, -0.2) is 14.6 Å². The van der Waals surface area contributed by atoms with Crippen LogP contribution in [0.25, 0.3) is 5.65 Å². The minimum Gasteiger partial charge on any atom is -0.268 e. The largest absolute Gasteiger partial charge is 0.268 e. The summed E-state index contributed by atoms with van der Waals surface area (Å²) >= 11 is 3.23. The predicted octanol–water partition coefficient (Wildman–Crippen LogP) is 0.785. The average Bonchev–Trinajstić information content (AvgIpc) is 2.33. The van der Waals surface area contributed by atoms with Gasteiger partial charge in [-0.25, -0.2) is 9.50 Å². The van der Waals surface area contributed by atoms with Gasteiger partial charge in [-0.05, 0) is 22.0 Å². The smallest absolute Gasteiger partial charge is 0.263 e. The van der Waals surface area contributed by atoms with Crippen LogP contribution in [0.4, 0.5) is 0 Å². The van der Waals surface area contributed by atoms with Gasteiger partial charge in [-0.2, -0.15) is 0 Å². The van der Waals surface area contributed by atoms with Crippen molar-refractivity contribution in [1.82, 2.24) is 14.6 Å². The van der Waals surface area contributed by atoms with Crippen LogP contribution < -0.4 is 5.56 Å². The molecule has 0 radical (unpaired) electrons. The van der Waals surface area contributed by atoms with Crippen molar-refractivity contribution in [2.24, 2.45) is 0 Å². The molecule has 0 atom stereocenters. The molecule has 56 valence electrons. The van der Waals surface area contributed by atoms with Gasteiger partial charge >= 0.3 is 0 Å². The molecule has 0 unspecified atom stereocenters. The van der Waals surface area contributed by atoms with Gasteiger partial charge in [0.25, 0.3) is 5.56 Å². The third kappa shape index (κ3) is 0.970. The Labute approximate surface area is 70.0 Å². The molecular formula is C6H4BrN3O. The van der Waals surface area contributed by atoms with Crippen molar-refractivity contribution >= 4 is 21.6 Å². The molecule has 4 nitrogen and oxygen atoms in total. The molecule has 0 spiro atoms. The number of rotatable bonds is 0. The van der Waals surface area contributed by atoms with Crippen LogP contribution in [-0.2, 0) is 0 Å². The Morgan fingerprint density at radius 2 is 2.36 bits per heavy atom. The second-order valence-electron chi connectivity index (χ2n) is 2.08. The van der Waals surface area contributed by atoms with Gasteiger partial charge in [-0.15, -0.1) is 0 Å². The molecule has 0 bridgehead atoms. The highest BCUT2D eigenvalue weighted by Gasteiger charge is 1.97. The summed E-state index contributed by atoms with van der Waals surface area (Å²) in [5, 5.41) is 2.59. The van der Waals surface area contributed by atoms with Crippen LogP contribution in [0.3, 0.4) is 0 Å². The first kappa shape index (κ1) is 6.60. The fourth-order valence-electron chi connectivity index (χ4n) is 0.870. The molecule has 0 aliphatic heterocycles. The van der Waals surface area contributed by atoms with Gasteiger partial charge in [0.15, 0.2) is 5.65 Å². The molecule has 2 rings (SSSR count). The van der Waals surface area contributed by atoms with E-state index >= 15 is 0 Å². The van der Waals surface area contributed by atoms with E-state index in [0.29, 0.717) is 0 Å². The van der Waals surface area contributed by atoms with E-state index in [1.807, 2.05) is 0 Å². The van der Waals surface area contributed by atoms with E-state index in [9.17, 15) is 4.79 Å². The summed E-state index contributed by atoms with van der Waals surface area (Å²) in [5.74, 6) is 0. The number of H-pyrrole nitrogens is 1. The van der Waals surface area contributed by atoms with Gasteiger partial charge in [0, 0.05) is 6.07 Å². The number of halogens is 1. The molecule has 0 saturated heterocycles. The summed E-state index contributed by atoms with van der Waals surface area (Å²) in [4.78, 5) is 14.8. The molecule has 0 aliphatic rings. The summed E-state index contributed by atoms with van der Waals surface area (Å²) in [7, 11) is 0. The van der Waals surface area contributed by atoms with E-state index in [4.69, 9.17) is 0 Å². The first-order valence-electron chi connectivity index (χ1n) is 3.00. The number of nitrogens with zero attached hydrogens (tertiary/aromatic N) is 2. The van der Waals surface area contributed by atoms with E-state index < -0.39 is 0 Å². The fourth-order valence-corrected chi connectivity index (χ4v) is 1.24. The Kier molecular flexibility index (Phi) is 1.32. The molecule has 1 N–H and O–H groups in total. The molecular weight excluding hydrogens is 210 g/mol. The lowest BCUT2D eigenvalue weighted by molar-refractivity contribution is 0.887. The van der Waals surface area contributed by atoms with Gasteiger partial charge in [0.2, 0.25) is 0 Å². The van der Waals surface area contributed by atoms with Crippen LogP contribution >= 0.6 is 15.9 Å². The summed E-state index contributed by atoms with van der Waals surface area (Å²) in [5.41, 5.74) is 0.577. The zero-order valence-electron chi connectivity index (χ0n) is 5.41. The van der Waals surface area contributed by atoms with Crippen molar-refractivity contribution in [2.75, 3.05) is 0 Å². The Morgan fingerprint density at radius 3 is 3.18 bits per heavy atom. The van der Waals surface area contributed by atoms with Gasteiger partial charge in [0.05, 0.1) is 6.20 Å². The first-order chi connectivity index (χ1) is 5.27. The standard InChI is InChI=1S/C6H4BrN3O/c7-4-3-8-5-1-2-6(11)9-10(4)5/h1-3H,(H,9,11). The minimum atomic E-state index is -0.142. The van der Waals surface area contributed by atoms with Crippen molar-refractivity contribution < 1.29 is 0 Å². The SMILES string of the molecule is O=c1ccc2ncc(Br)n2[nH]1. The highest BCUT2D eigenvalue weighted by atomic mass is 79.9. The highest BCUT2D eigenvalue weighted by molar-refractivity contribution is 9.10. The van der Waals surface area contributed by atoms with Gasteiger partial charge in [-0.1, -0.05) is 0 Å². The normalized spacial score (nSPS) is 10.6. The summed E-state index contributed by atoms with van der Waals surface area (Å²) in [6.07, 6.45) is 1.63. The number of hydrogen-bond donors (Lipinski definition) is 1. The van der Waals surface area contributed by atoms with E-state index in [0.717, 1.165) is 10.3 Å². The van der Waals surface area contributed by atoms with Gasteiger partial charge in [-0.3, -0.25) is 9.89 Å².